The van der Waals surface area contributed by atoms with Crippen LogP contribution in [0.5, 0.6) is 0 Å². The van der Waals surface area contributed by atoms with Crippen LogP contribution >= 0.6 is 0 Å². The number of carbonyl (C=O) groups is 2. The van der Waals surface area contributed by atoms with Gasteiger partial charge in [-0.3, -0.25) is 4.79 Å². The second kappa shape index (κ2) is 2.19. The van der Waals surface area contributed by atoms with Crippen LogP contribution in [-0.2, 0) is 14.3 Å². The normalized spacial score (nSPS) is 35.3. The molecular weight excluding hydrogens is 144 g/mol. The molecule has 11 heavy (non-hydrogen) atoms. The molecule has 3 nitrogen and oxygen atoms in total. The molecule has 1 aliphatic carbocycles. The zero-order valence-corrected chi connectivity index (χ0v) is 5.95. The van der Waals surface area contributed by atoms with E-state index in [1.54, 1.807) is 6.08 Å². The van der Waals surface area contributed by atoms with Crippen LogP contribution in [0.3, 0.4) is 0 Å². The summed E-state index contributed by atoms with van der Waals surface area (Å²) in [4.78, 5) is 21.8. The predicted octanol–water partition coefficient (Wildman–Crippen LogP) is 0.447. The fraction of sp³-hybridized carbons (Fsp3) is 0.500. The van der Waals surface area contributed by atoms with Crippen molar-refractivity contribution in [1.29, 1.82) is 0 Å². The Kier molecular flexibility index (Phi) is 1.31. The van der Waals surface area contributed by atoms with E-state index in [1.165, 1.54) is 0 Å². The fourth-order valence-corrected chi connectivity index (χ4v) is 1.50. The number of Topliss-reactive ketones (excluding diaryl/α,β-unsaturated/α-hetero) is 1. The van der Waals surface area contributed by atoms with Gasteiger partial charge in [0.2, 0.25) is 5.78 Å². The van der Waals surface area contributed by atoms with E-state index in [0.29, 0.717) is 6.42 Å². The summed E-state index contributed by atoms with van der Waals surface area (Å²) in [5.74, 6) is -1.25. The van der Waals surface area contributed by atoms with E-state index in [1.807, 2.05) is 6.08 Å². The second-order valence-corrected chi connectivity index (χ2v) is 2.90. The highest BCUT2D eigenvalue weighted by atomic mass is 16.5. The van der Waals surface area contributed by atoms with E-state index in [4.69, 9.17) is 4.74 Å². The molecule has 2 unspecified atom stereocenters. The molecule has 1 heterocycles. The van der Waals surface area contributed by atoms with Gasteiger partial charge < -0.3 is 4.74 Å². The van der Waals surface area contributed by atoms with Gasteiger partial charge >= 0.3 is 5.97 Å². The molecule has 3 heteroatoms. The minimum atomic E-state index is -0.657. The lowest BCUT2D eigenvalue weighted by Crippen LogP contribution is -2.39. The summed E-state index contributed by atoms with van der Waals surface area (Å²) in [5.41, 5.74) is 0. The number of ketones is 1. The summed E-state index contributed by atoms with van der Waals surface area (Å²) in [6.45, 7) is 0. The molecule has 0 aromatic rings. The van der Waals surface area contributed by atoms with Gasteiger partial charge in [-0.25, -0.2) is 4.79 Å². The Morgan fingerprint density at radius 2 is 2.27 bits per heavy atom. The van der Waals surface area contributed by atoms with E-state index in [9.17, 15) is 9.59 Å². The molecule has 0 amide bonds. The molecule has 0 saturated carbocycles. The van der Waals surface area contributed by atoms with E-state index in [-0.39, 0.29) is 12.0 Å². The molecule has 2 aliphatic rings. The van der Waals surface area contributed by atoms with Crippen LogP contribution in [0.25, 0.3) is 0 Å². The van der Waals surface area contributed by atoms with Crippen molar-refractivity contribution in [3.63, 3.8) is 0 Å². The molecule has 2 rings (SSSR count). The maximum atomic E-state index is 11.0. The van der Waals surface area contributed by atoms with Crippen molar-refractivity contribution >= 4 is 11.8 Å². The Morgan fingerprint density at radius 1 is 1.45 bits per heavy atom. The van der Waals surface area contributed by atoms with Crippen molar-refractivity contribution in [2.45, 2.75) is 18.9 Å². The first-order chi connectivity index (χ1) is 5.27. The highest BCUT2D eigenvalue weighted by molar-refractivity contribution is 6.35. The van der Waals surface area contributed by atoms with Gasteiger partial charge in [0, 0.05) is 6.42 Å². The van der Waals surface area contributed by atoms with Crippen LogP contribution in [0.1, 0.15) is 12.8 Å². The third-order valence-electron chi connectivity index (χ3n) is 2.10. The lowest BCUT2D eigenvalue weighted by atomic mass is 9.88. The molecule has 2 bridgehead atoms. The van der Waals surface area contributed by atoms with Crippen molar-refractivity contribution in [1.82, 2.24) is 0 Å². The summed E-state index contributed by atoms with van der Waals surface area (Å²) >= 11 is 0. The van der Waals surface area contributed by atoms with Crippen molar-refractivity contribution in [3.05, 3.63) is 12.2 Å². The molecule has 1 aliphatic heterocycles. The van der Waals surface area contributed by atoms with Crippen LogP contribution in [0.2, 0.25) is 0 Å². The molecule has 58 valence electrons. The minimum absolute atomic E-state index is 0.0461. The minimum Gasteiger partial charge on any atom is -0.456 e. The Bertz CT molecular complexity index is 242. The van der Waals surface area contributed by atoms with E-state index >= 15 is 0 Å². The lowest BCUT2D eigenvalue weighted by molar-refractivity contribution is -0.165. The number of hydrogen-bond donors (Lipinski definition) is 0. The van der Waals surface area contributed by atoms with E-state index in [0.717, 1.165) is 6.42 Å². The number of ether oxygens (including phenoxy) is 1. The maximum Gasteiger partial charge on any atom is 0.375 e. The Labute approximate surface area is 64.0 Å². The van der Waals surface area contributed by atoms with Gasteiger partial charge in [-0.05, 0) is 6.42 Å². The smallest absolute Gasteiger partial charge is 0.375 e. The predicted molar refractivity (Wildman–Crippen MR) is 36.8 cm³/mol. The summed E-state index contributed by atoms with van der Waals surface area (Å²) in [6, 6.07) is 0. The highest BCUT2D eigenvalue weighted by Gasteiger charge is 2.36. The summed E-state index contributed by atoms with van der Waals surface area (Å²) < 4.78 is 4.83. The zero-order valence-electron chi connectivity index (χ0n) is 5.95. The topological polar surface area (TPSA) is 43.4 Å². The summed E-state index contributed by atoms with van der Waals surface area (Å²) in [5, 5.41) is 0. The quantitative estimate of drug-likeness (QED) is 0.287. The summed E-state index contributed by atoms with van der Waals surface area (Å²) in [6.07, 6.45) is 5.11. The van der Waals surface area contributed by atoms with Crippen LogP contribution in [-0.4, -0.2) is 17.9 Å². The molecule has 0 spiro atoms. The van der Waals surface area contributed by atoms with Crippen molar-refractivity contribution in [2.75, 3.05) is 0 Å². The fourth-order valence-electron chi connectivity index (χ4n) is 1.50. The number of rotatable bonds is 0. The molecular formula is C8H8O3. The number of allylic oxidation sites excluding steroid dienone is 1. The van der Waals surface area contributed by atoms with Crippen molar-refractivity contribution < 1.29 is 14.3 Å². The van der Waals surface area contributed by atoms with Crippen molar-refractivity contribution in [2.24, 2.45) is 5.92 Å². The van der Waals surface area contributed by atoms with E-state index < -0.39 is 11.8 Å². The van der Waals surface area contributed by atoms with Gasteiger partial charge in [0.25, 0.3) is 0 Å². The second-order valence-electron chi connectivity index (χ2n) is 2.90. The van der Waals surface area contributed by atoms with Crippen molar-refractivity contribution in [3.8, 4) is 0 Å². The van der Waals surface area contributed by atoms with Crippen LogP contribution < -0.4 is 0 Å². The highest BCUT2D eigenvalue weighted by Crippen LogP contribution is 2.26. The standard InChI is InChI=1S/C8H8O3/c9-7-5-2-1-3-6(4-5)11-8(7)10/h1-2,5-6H,3-4H2. The van der Waals surface area contributed by atoms with Crippen LogP contribution in [0.15, 0.2) is 12.2 Å². The number of hydrogen-bond acceptors (Lipinski definition) is 3. The third kappa shape index (κ3) is 0.964. The molecule has 1 saturated heterocycles. The summed E-state index contributed by atoms with van der Waals surface area (Å²) in [7, 11) is 0. The van der Waals surface area contributed by atoms with Gasteiger partial charge in [-0.15, -0.1) is 0 Å². The first-order valence-corrected chi connectivity index (χ1v) is 3.69. The number of fused-ring (bicyclic) bond motifs is 2. The molecule has 0 aromatic heterocycles. The Balaban J connectivity index is 2.29. The SMILES string of the molecule is O=C1OC2CC=CC(C2)C1=O. The third-order valence-corrected chi connectivity index (χ3v) is 2.10. The van der Waals surface area contributed by atoms with Gasteiger partial charge in [0.1, 0.15) is 6.10 Å². The largest absolute Gasteiger partial charge is 0.456 e. The Hall–Kier alpha value is -1.12. The van der Waals surface area contributed by atoms with Gasteiger partial charge in [-0.1, -0.05) is 12.2 Å². The molecule has 0 aromatic carbocycles. The molecule has 1 fully saturated rings. The number of esters is 1. The molecule has 0 radical (unpaired) electrons. The Morgan fingerprint density at radius 3 is 3.09 bits per heavy atom. The average molecular weight is 152 g/mol. The van der Waals surface area contributed by atoms with Crippen LogP contribution in [0, 0.1) is 5.92 Å². The van der Waals surface area contributed by atoms with Gasteiger partial charge in [-0.2, -0.15) is 0 Å². The maximum absolute atomic E-state index is 11.0. The zero-order chi connectivity index (χ0) is 7.84. The number of carbonyl (C=O) groups excluding carboxylic acids is 2. The van der Waals surface area contributed by atoms with Gasteiger partial charge in [0.15, 0.2) is 0 Å². The van der Waals surface area contributed by atoms with Crippen LogP contribution in [0.4, 0.5) is 0 Å². The molecule has 2 atom stereocenters. The average Bonchev–Trinajstić information content (AvgIpc) is 2.01. The van der Waals surface area contributed by atoms with Gasteiger partial charge in [0.05, 0.1) is 5.92 Å². The lowest BCUT2D eigenvalue weighted by Gasteiger charge is -2.28. The molecule has 0 N–H and O–H groups in total. The first-order valence-electron chi connectivity index (χ1n) is 3.69. The van der Waals surface area contributed by atoms with E-state index in [2.05, 4.69) is 0 Å². The monoisotopic (exact) mass is 152 g/mol. The first kappa shape index (κ1) is 6.58.